The number of piperidine rings is 1. The van der Waals surface area contributed by atoms with Gasteiger partial charge in [-0.2, -0.15) is 13.2 Å². The van der Waals surface area contributed by atoms with E-state index >= 15 is 0 Å². The highest BCUT2D eigenvalue weighted by atomic mass is 19.4. The number of nitrogens with zero attached hydrogens (tertiary/aromatic N) is 2. The van der Waals surface area contributed by atoms with Crippen LogP contribution in [0.25, 0.3) is 0 Å². The third kappa shape index (κ3) is 3.40. The molecule has 3 rings (SSSR count). The molecule has 0 aliphatic carbocycles. The zero-order valence-electron chi connectivity index (χ0n) is 13.4. The number of rotatable bonds is 2. The fraction of sp³-hybridized carbons (Fsp3) is 0.562. The minimum Gasteiger partial charge on any atom is -0.356 e. The molecule has 1 N–H and O–H groups in total. The van der Waals surface area contributed by atoms with Crippen LogP contribution in [0.5, 0.6) is 0 Å². The van der Waals surface area contributed by atoms with Crippen LogP contribution >= 0.6 is 0 Å². The maximum Gasteiger partial charge on any atom is 0.417 e. The number of likely N-dealkylation sites (tertiary alicyclic amines) is 1. The van der Waals surface area contributed by atoms with E-state index in [9.17, 15) is 27.6 Å². The Bertz CT molecular complexity index is 759. The van der Waals surface area contributed by atoms with E-state index < -0.39 is 35.2 Å². The molecule has 2 aliphatic heterocycles. The van der Waals surface area contributed by atoms with Crippen LogP contribution in [0.4, 0.5) is 13.2 Å². The maximum absolute atomic E-state index is 12.8. The Morgan fingerprint density at radius 1 is 1.24 bits per heavy atom. The number of halogens is 3. The van der Waals surface area contributed by atoms with Gasteiger partial charge in [0.25, 0.3) is 5.56 Å². The summed E-state index contributed by atoms with van der Waals surface area (Å²) >= 11 is 0. The van der Waals surface area contributed by atoms with Crippen molar-refractivity contribution in [2.75, 3.05) is 19.6 Å². The average Bonchev–Trinajstić information content (AvgIpc) is 2.97. The van der Waals surface area contributed by atoms with Crippen LogP contribution in [0.2, 0.25) is 0 Å². The largest absolute Gasteiger partial charge is 0.417 e. The van der Waals surface area contributed by atoms with E-state index in [4.69, 9.17) is 0 Å². The minimum absolute atomic E-state index is 0.0784. The third-order valence-corrected chi connectivity index (χ3v) is 4.92. The van der Waals surface area contributed by atoms with Crippen molar-refractivity contribution in [1.29, 1.82) is 0 Å². The second kappa shape index (κ2) is 6.20. The summed E-state index contributed by atoms with van der Waals surface area (Å²) in [4.78, 5) is 37.8. The lowest BCUT2D eigenvalue weighted by Gasteiger charge is -2.32. The van der Waals surface area contributed by atoms with Gasteiger partial charge < -0.3 is 14.8 Å². The second-order valence-corrected chi connectivity index (χ2v) is 6.59. The van der Waals surface area contributed by atoms with E-state index in [0.717, 1.165) is 17.1 Å². The summed E-state index contributed by atoms with van der Waals surface area (Å²) in [5, 5.41) is 2.80. The number of carbonyl (C=O) groups excluding carboxylic acids is 2. The van der Waals surface area contributed by atoms with Gasteiger partial charge in [0.15, 0.2) is 0 Å². The lowest BCUT2D eigenvalue weighted by atomic mass is 9.79. The summed E-state index contributed by atoms with van der Waals surface area (Å²) < 4.78 is 39.1. The van der Waals surface area contributed by atoms with Crippen LogP contribution in [0.1, 0.15) is 24.8 Å². The molecule has 0 radical (unpaired) electrons. The van der Waals surface area contributed by atoms with Crippen LogP contribution in [0.15, 0.2) is 23.1 Å². The van der Waals surface area contributed by atoms with Gasteiger partial charge in [-0.05, 0) is 25.3 Å². The Kier molecular flexibility index (Phi) is 4.34. The van der Waals surface area contributed by atoms with Gasteiger partial charge in [-0.3, -0.25) is 14.4 Å². The van der Waals surface area contributed by atoms with Crippen molar-refractivity contribution >= 4 is 11.8 Å². The Morgan fingerprint density at radius 2 is 2.00 bits per heavy atom. The van der Waals surface area contributed by atoms with E-state index in [1.54, 1.807) is 0 Å². The SMILES string of the molecule is O=C(Cn1cc(C(F)(F)F)ccc1=O)N1CC[C@]2(CCCNC2=O)C1. The van der Waals surface area contributed by atoms with Crippen LogP contribution < -0.4 is 10.9 Å². The van der Waals surface area contributed by atoms with Gasteiger partial charge >= 0.3 is 6.18 Å². The smallest absolute Gasteiger partial charge is 0.356 e. The van der Waals surface area contributed by atoms with Gasteiger partial charge in [0, 0.05) is 31.9 Å². The first kappa shape index (κ1) is 17.5. The van der Waals surface area contributed by atoms with E-state index in [1.807, 2.05) is 0 Å². The number of alkyl halides is 3. The quantitative estimate of drug-likeness (QED) is 0.858. The zero-order valence-corrected chi connectivity index (χ0v) is 13.4. The van der Waals surface area contributed by atoms with E-state index in [-0.39, 0.29) is 12.5 Å². The van der Waals surface area contributed by atoms with Crippen molar-refractivity contribution in [3.8, 4) is 0 Å². The predicted molar refractivity (Wildman–Crippen MR) is 81.6 cm³/mol. The van der Waals surface area contributed by atoms with Crippen molar-refractivity contribution < 1.29 is 22.8 Å². The van der Waals surface area contributed by atoms with E-state index in [0.29, 0.717) is 38.2 Å². The molecular weight excluding hydrogens is 339 g/mol. The lowest BCUT2D eigenvalue weighted by Crippen LogP contribution is -2.48. The molecule has 2 aliphatic rings. The first-order chi connectivity index (χ1) is 11.7. The molecule has 0 saturated carbocycles. The Labute approximate surface area is 141 Å². The average molecular weight is 357 g/mol. The third-order valence-electron chi connectivity index (χ3n) is 4.92. The molecule has 136 valence electrons. The van der Waals surface area contributed by atoms with Crippen molar-refractivity contribution in [1.82, 2.24) is 14.8 Å². The summed E-state index contributed by atoms with van der Waals surface area (Å²) in [5.74, 6) is -0.540. The van der Waals surface area contributed by atoms with Crippen molar-refractivity contribution in [2.45, 2.75) is 32.0 Å². The molecular formula is C16H18F3N3O3. The van der Waals surface area contributed by atoms with Crippen LogP contribution in [-0.4, -0.2) is 40.9 Å². The molecule has 1 aromatic heterocycles. The minimum atomic E-state index is -4.59. The Morgan fingerprint density at radius 3 is 2.68 bits per heavy atom. The molecule has 1 spiro atoms. The fourth-order valence-corrected chi connectivity index (χ4v) is 3.47. The van der Waals surface area contributed by atoms with Gasteiger partial charge in [0.05, 0.1) is 11.0 Å². The zero-order chi connectivity index (χ0) is 18.2. The molecule has 0 aromatic carbocycles. The molecule has 2 fully saturated rings. The highest BCUT2D eigenvalue weighted by Crippen LogP contribution is 2.37. The van der Waals surface area contributed by atoms with Crippen molar-refractivity contribution in [2.24, 2.45) is 5.41 Å². The Balaban J connectivity index is 1.73. The highest BCUT2D eigenvalue weighted by Gasteiger charge is 2.46. The fourth-order valence-electron chi connectivity index (χ4n) is 3.47. The molecule has 9 heteroatoms. The molecule has 1 aromatic rings. The van der Waals surface area contributed by atoms with E-state index in [1.165, 1.54) is 4.90 Å². The summed E-state index contributed by atoms with van der Waals surface area (Å²) in [6.45, 7) is 0.750. The summed E-state index contributed by atoms with van der Waals surface area (Å²) in [6, 6.07) is 1.50. The molecule has 2 saturated heterocycles. The van der Waals surface area contributed by atoms with Crippen molar-refractivity contribution in [3.05, 3.63) is 34.2 Å². The van der Waals surface area contributed by atoms with Gasteiger partial charge in [-0.1, -0.05) is 0 Å². The summed E-state index contributed by atoms with van der Waals surface area (Å²) in [5.41, 5.74) is -2.26. The van der Waals surface area contributed by atoms with Gasteiger partial charge in [-0.25, -0.2) is 0 Å². The van der Waals surface area contributed by atoms with E-state index in [2.05, 4.69) is 5.32 Å². The maximum atomic E-state index is 12.8. The molecule has 0 unspecified atom stereocenters. The Hall–Kier alpha value is -2.32. The van der Waals surface area contributed by atoms with Gasteiger partial charge in [0.2, 0.25) is 11.8 Å². The van der Waals surface area contributed by atoms with Crippen LogP contribution in [0.3, 0.4) is 0 Å². The molecule has 1 atom stereocenters. The van der Waals surface area contributed by atoms with Gasteiger partial charge in [-0.15, -0.1) is 0 Å². The highest BCUT2D eigenvalue weighted by molar-refractivity contribution is 5.85. The van der Waals surface area contributed by atoms with Crippen molar-refractivity contribution in [3.63, 3.8) is 0 Å². The molecule has 6 nitrogen and oxygen atoms in total. The second-order valence-electron chi connectivity index (χ2n) is 6.59. The van der Waals surface area contributed by atoms with Gasteiger partial charge in [0.1, 0.15) is 6.54 Å². The number of hydrogen-bond donors (Lipinski definition) is 1. The monoisotopic (exact) mass is 357 g/mol. The number of pyridine rings is 1. The first-order valence-electron chi connectivity index (χ1n) is 8.05. The lowest BCUT2D eigenvalue weighted by molar-refractivity contribution is -0.139. The topological polar surface area (TPSA) is 71.4 Å². The molecule has 0 bridgehead atoms. The standard InChI is InChI=1S/C16H18F3N3O3/c17-16(18,19)11-2-3-12(23)22(8-11)9-13(24)21-7-5-15(10-21)4-1-6-20-14(15)25/h2-3,8H,1,4-7,9-10H2,(H,20,25)/t15-/m1/s1. The number of carbonyl (C=O) groups is 2. The number of hydrogen-bond acceptors (Lipinski definition) is 3. The number of aromatic nitrogens is 1. The molecule has 2 amide bonds. The summed E-state index contributed by atoms with van der Waals surface area (Å²) in [7, 11) is 0. The summed E-state index contributed by atoms with van der Waals surface area (Å²) in [6.07, 6.45) is -1.88. The number of amides is 2. The predicted octanol–water partition coefficient (Wildman–Crippen LogP) is 0.996. The number of nitrogens with one attached hydrogen (secondary N) is 1. The molecule has 25 heavy (non-hydrogen) atoms. The normalized spacial score (nSPS) is 23.8. The molecule has 3 heterocycles. The van der Waals surface area contributed by atoms with Crippen LogP contribution in [0, 0.1) is 5.41 Å². The van der Waals surface area contributed by atoms with Crippen LogP contribution in [-0.2, 0) is 22.3 Å². The first-order valence-corrected chi connectivity index (χ1v) is 8.05.